The molecule has 1 N–H and O–H groups in total. The SMILES string of the molecule is CCCCN1C(=S)N[C@H](c2ccccn2)[C@H]1c1ccc(-c2cccc(C(=O)OC)c2)o1. The molecule has 160 valence electrons. The summed E-state index contributed by atoms with van der Waals surface area (Å²) in [5, 5.41) is 4.14. The van der Waals surface area contributed by atoms with Crippen LogP contribution in [-0.4, -0.2) is 34.6 Å². The molecule has 1 aliphatic rings. The molecule has 7 heteroatoms. The summed E-state index contributed by atoms with van der Waals surface area (Å²) in [4.78, 5) is 18.6. The number of esters is 1. The molecule has 1 fully saturated rings. The maximum absolute atomic E-state index is 11.9. The number of carbonyl (C=O) groups excluding carboxylic acids is 1. The molecule has 0 bridgehead atoms. The molecule has 4 rings (SSSR count). The first kappa shape index (κ1) is 21.1. The van der Waals surface area contributed by atoms with Gasteiger partial charge in [0.05, 0.1) is 24.4 Å². The summed E-state index contributed by atoms with van der Waals surface area (Å²) < 4.78 is 11.1. The Labute approximate surface area is 187 Å². The van der Waals surface area contributed by atoms with Crippen LogP contribution in [0.4, 0.5) is 0 Å². The van der Waals surface area contributed by atoms with Crippen LogP contribution < -0.4 is 5.32 Å². The van der Waals surface area contributed by atoms with Gasteiger partial charge in [-0.25, -0.2) is 4.79 Å². The first-order valence-electron chi connectivity index (χ1n) is 10.4. The van der Waals surface area contributed by atoms with E-state index in [4.69, 9.17) is 21.4 Å². The second-order valence-corrected chi connectivity index (χ2v) is 7.83. The maximum atomic E-state index is 11.9. The molecule has 1 aromatic carbocycles. The van der Waals surface area contributed by atoms with Crippen LogP contribution >= 0.6 is 12.2 Å². The van der Waals surface area contributed by atoms with Gasteiger partial charge in [-0.05, 0) is 55.0 Å². The van der Waals surface area contributed by atoms with Gasteiger partial charge in [0.15, 0.2) is 5.11 Å². The van der Waals surface area contributed by atoms with Crippen LogP contribution in [0, 0.1) is 0 Å². The summed E-state index contributed by atoms with van der Waals surface area (Å²) in [6, 6.07) is 16.8. The largest absolute Gasteiger partial charge is 0.465 e. The Hall–Kier alpha value is -3.19. The van der Waals surface area contributed by atoms with Crippen molar-refractivity contribution >= 4 is 23.3 Å². The zero-order valence-electron chi connectivity index (χ0n) is 17.6. The Morgan fingerprint density at radius 2 is 2.10 bits per heavy atom. The van der Waals surface area contributed by atoms with Crippen molar-refractivity contribution < 1.29 is 13.9 Å². The minimum atomic E-state index is -0.375. The lowest BCUT2D eigenvalue weighted by molar-refractivity contribution is 0.0601. The Morgan fingerprint density at radius 3 is 2.84 bits per heavy atom. The smallest absolute Gasteiger partial charge is 0.337 e. The maximum Gasteiger partial charge on any atom is 0.337 e. The molecule has 0 saturated carbocycles. The van der Waals surface area contributed by atoms with Crippen LogP contribution in [0.3, 0.4) is 0 Å². The third-order valence-corrected chi connectivity index (χ3v) is 5.79. The number of hydrogen-bond donors (Lipinski definition) is 1. The molecule has 0 amide bonds. The van der Waals surface area contributed by atoms with Gasteiger partial charge in [-0.15, -0.1) is 0 Å². The van der Waals surface area contributed by atoms with Crippen LogP contribution in [0.2, 0.25) is 0 Å². The number of ether oxygens (including phenoxy) is 1. The number of nitrogens with zero attached hydrogens (tertiary/aromatic N) is 2. The molecule has 0 spiro atoms. The molecule has 31 heavy (non-hydrogen) atoms. The molecule has 0 aliphatic carbocycles. The normalized spacial score (nSPS) is 18.1. The molecule has 2 atom stereocenters. The highest BCUT2D eigenvalue weighted by atomic mass is 32.1. The lowest BCUT2D eigenvalue weighted by atomic mass is 10.0. The summed E-state index contributed by atoms with van der Waals surface area (Å²) in [5.41, 5.74) is 2.22. The monoisotopic (exact) mass is 435 g/mol. The van der Waals surface area contributed by atoms with E-state index in [1.807, 2.05) is 42.5 Å². The van der Waals surface area contributed by atoms with Gasteiger partial charge < -0.3 is 19.4 Å². The molecule has 1 saturated heterocycles. The van der Waals surface area contributed by atoms with Gasteiger partial charge in [0.2, 0.25) is 0 Å². The number of rotatable bonds is 7. The average Bonchev–Trinajstić information content (AvgIpc) is 3.42. The third kappa shape index (κ3) is 4.32. The molecular formula is C24H25N3O3S. The number of aromatic nitrogens is 1. The summed E-state index contributed by atoms with van der Waals surface area (Å²) in [6.07, 6.45) is 3.89. The van der Waals surface area contributed by atoms with Crippen molar-refractivity contribution in [2.45, 2.75) is 31.8 Å². The van der Waals surface area contributed by atoms with E-state index in [-0.39, 0.29) is 18.1 Å². The summed E-state index contributed by atoms with van der Waals surface area (Å²) in [5.74, 6) is 1.12. The third-order valence-electron chi connectivity index (χ3n) is 5.44. The van der Waals surface area contributed by atoms with Gasteiger partial charge in [0.25, 0.3) is 0 Å². The first-order valence-corrected chi connectivity index (χ1v) is 10.8. The second-order valence-electron chi connectivity index (χ2n) is 7.45. The van der Waals surface area contributed by atoms with Crippen molar-refractivity contribution in [2.24, 2.45) is 0 Å². The minimum absolute atomic E-state index is 0.105. The van der Waals surface area contributed by atoms with Crippen LogP contribution in [0.1, 0.15) is 53.7 Å². The average molecular weight is 436 g/mol. The molecule has 3 aromatic rings. The van der Waals surface area contributed by atoms with Crippen LogP contribution in [0.5, 0.6) is 0 Å². The molecular weight excluding hydrogens is 410 g/mol. The van der Waals surface area contributed by atoms with Crippen molar-refractivity contribution in [3.05, 3.63) is 77.8 Å². The highest BCUT2D eigenvalue weighted by molar-refractivity contribution is 7.80. The summed E-state index contributed by atoms with van der Waals surface area (Å²) >= 11 is 5.66. The zero-order valence-corrected chi connectivity index (χ0v) is 18.4. The van der Waals surface area contributed by atoms with E-state index in [1.165, 1.54) is 7.11 Å². The van der Waals surface area contributed by atoms with Crippen LogP contribution in [0.25, 0.3) is 11.3 Å². The number of nitrogens with one attached hydrogen (secondary N) is 1. The van der Waals surface area contributed by atoms with Crippen LogP contribution in [-0.2, 0) is 4.74 Å². The number of thiocarbonyl (C=S) groups is 1. The predicted molar refractivity (Wildman–Crippen MR) is 123 cm³/mol. The van der Waals surface area contributed by atoms with E-state index in [9.17, 15) is 4.79 Å². The highest BCUT2D eigenvalue weighted by Gasteiger charge is 2.41. The van der Waals surface area contributed by atoms with Gasteiger partial charge >= 0.3 is 5.97 Å². The van der Waals surface area contributed by atoms with Crippen molar-refractivity contribution in [1.29, 1.82) is 0 Å². The van der Waals surface area contributed by atoms with Gasteiger partial charge in [-0.3, -0.25) is 4.98 Å². The fourth-order valence-corrected chi connectivity index (χ4v) is 4.20. The van der Waals surface area contributed by atoms with Crippen LogP contribution in [0.15, 0.2) is 65.2 Å². The standard InChI is InChI=1S/C24H25N3O3S/c1-3-4-14-27-22(21(26-24(27)31)18-10-5-6-13-25-18)20-12-11-19(30-20)16-8-7-9-17(15-16)23(28)29-2/h5-13,15,21-22H,3-4,14H2,1-2H3,(H,26,31)/t21-,22-/m1/s1. The lowest BCUT2D eigenvalue weighted by Gasteiger charge is -2.25. The zero-order chi connectivity index (χ0) is 21.8. The fourth-order valence-electron chi connectivity index (χ4n) is 3.87. The van der Waals surface area contributed by atoms with E-state index in [1.54, 1.807) is 18.3 Å². The Bertz CT molecular complexity index is 1070. The van der Waals surface area contributed by atoms with E-state index in [0.29, 0.717) is 16.4 Å². The van der Waals surface area contributed by atoms with Gasteiger partial charge in [-0.2, -0.15) is 0 Å². The number of benzene rings is 1. The molecule has 0 unspecified atom stereocenters. The molecule has 3 heterocycles. The molecule has 6 nitrogen and oxygen atoms in total. The number of pyridine rings is 1. The number of hydrogen-bond acceptors (Lipinski definition) is 5. The van der Waals surface area contributed by atoms with Crippen molar-refractivity contribution in [3.8, 4) is 11.3 Å². The number of furan rings is 1. The molecule has 0 radical (unpaired) electrons. The van der Waals surface area contributed by atoms with E-state index >= 15 is 0 Å². The van der Waals surface area contributed by atoms with Crippen molar-refractivity contribution in [1.82, 2.24) is 15.2 Å². The topological polar surface area (TPSA) is 67.6 Å². The van der Waals surface area contributed by atoms with Crippen molar-refractivity contribution in [2.75, 3.05) is 13.7 Å². The van der Waals surface area contributed by atoms with Gasteiger partial charge in [-0.1, -0.05) is 31.5 Å². The van der Waals surface area contributed by atoms with E-state index in [2.05, 4.69) is 22.1 Å². The number of unbranched alkanes of at least 4 members (excludes halogenated alkanes) is 1. The Morgan fingerprint density at radius 1 is 1.23 bits per heavy atom. The van der Waals surface area contributed by atoms with Gasteiger partial charge in [0.1, 0.15) is 17.6 Å². The van der Waals surface area contributed by atoms with Crippen molar-refractivity contribution in [3.63, 3.8) is 0 Å². The summed E-state index contributed by atoms with van der Waals surface area (Å²) in [7, 11) is 1.37. The predicted octanol–water partition coefficient (Wildman–Crippen LogP) is 4.90. The summed E-state index contributed by atoms with van der Waals surface area (Å²) in [6.45, 7) is 3.00. The second kappa shape index (κ2) is 9.31. The van der Waals surface area contributed by atoms with E-state index < -0.39 is 0 Å². The highest BCUT2D eigenvalue weighted by Crippen LogP contribution is 2.40. The number of carbonyl (C=O) groups is 1. The molecule has 1 aliphatic heterocycles. The fraction of sp³-hybridized carbons (Fsp3) is 0.292. The quantitative estimate of drug-likeness (QED) is 0.418. The Kier molecular flexibility index (Phi) is 6.32. The molecule has 2 aromatic heterocycles. The van der Waals surface area contributed by atoms with E-state index in [0.717, 1.165) is 36.4 Å². The minimum Gasteiger partial charge on any atom is -0.465 e. The van der Waals surface area contributed by atoms with Gasteiger partial charge in [0, 0.05) is 18.3 Å². The first-order chi connectivity index (χ1) is 15.1. The Balaban J connectivity index is 1.69. The number of methoxy groups -OCH3 is 1. The lowest BCUT2D eigenvalue weighted by Crippen LogP contribution is -2.30.